The molecule has 0 aromatic heterocycles. The lowest BCUT2D eigenvalue weighted by Crippen LogP contribution is -2.06. The van der Waals surface area contributed by atoms with E-state index in [0.717, 1.165) is 5.56 Å². The van der Waals surface area contributed by atoms with E-state index in [-0.39, 0.29) is 11.6 Å². The maximum absolute atomic E-state index is 10.8. The number of nitro groups is 1. The third kappa shape index (κ3) is 3.43. The monoisotopic (exact) mass is 301 g/mol. The molecular weight excluding hydrogens is 286 g/mol. The summed E-state index contributed by atoms with van der Waals surface area (Å²) < 4.78 is 5.31. The van der Waals surface area contributed by atoms with Crippen LogP contribution in [0.1, 0.15) is 32.3 Å². The minimum Gasteiger partial charge on any atom is -0.487 e. The molecule has 5 heteroatoms. The van der Waals surface area contributed by atoms with Gasteiger partial charge in [-0.2, -0.15) is 0 Å². The van der Waals surface area contributed by atoms with Crippen molar-refractivity contribution in [3.05, 3.63) is 33.9 Å². The highest BCUT2D eigenvalue weighted by atomic mass is 79.9. The number of benzene rings is 1. The van der Waals surface area contributed by atoms with Gasteiger partial charge in [-0.05, 0) is 24.5 Å². The van der Waals surface area contributed by atoms with Crippen molar-refractivity contribution in [2.75, 3.05) is 6.61 Å². The number of halogens is 1. The van der Waals surface area contributed by atoms with Crippen molar-refractivity contribution in [3.63, 3.8) is 0 Å². The summed E-state index contributed by atoms with van der Waals surface area (Å²) in [4.78, 5) is 10.7. The first-order chi connectivity index (χ1) is 7.97. The quantitative estimate of drug-likeness (QED) is 0.471. The Bertz CT molecular complexity index is 407. The van der Waals surface area contributed by atoms with Gasteiger partial charge < -0.3 is 4.74 Å². The Balaban J connectivity index is 3.13. The Labute approximate surface area is 109 Å². The summed E-state index contributed by atoms with van der Waals surface area (Å²) in [7, 11) is 0. The molecule has 94 valence electrons. The zero-order chi connectivity index (χ0) is 13.0. The summed E-state index contributed by atoms with van der Waals surface area (Å²) >= 11 is 3.51. The molecule has 1 rings (SSSR count). The summed E-state index contributed by atoms with van der Waals surface area (Å²) in [5.74, 6) is 0.616. The molecule has 2 atom stereocenters. The van der Waals surface area contributed by atoms with Gasteiger partial charge in [0.25, 0.3) is 0 Å². The molecule has 0 radical (unpaired) electrons. The van der Waals surface area contributed by atoms with Crippen LogP contribution >= 0.6 is 15.9 Å². The van der Waals surface area contributed by atoms with Gasteiger partial charge in [0.05, 0.1) is 11.5 Å². The van der Waals surface area contributed by atoms with Gasteiger partial charge in [0.1, 0.15) is 0 Å². The van der Waals surface area contributed by atoms with E-state index in [1.54, 1.807) is 12.1 Å². The number of hydrogen-bond acceptors (Lipinski definition) is 3. The third-order valence-electron chi connectivity index (χ3n) is 2.70. The van der Waals surface area contributed by atoms with Gasteiger partial charge in [-0.15, -0.1) is 0 Å². The highest BCUT2D eigenvalue weighted by Gasteiger charge is 2.19. The summed E-state index contributed by atoms with van der Waals surface area (Å²) in [5.41, 5.74) is 1.05. The van der Waals surface area contributed by atoms with E-state index in [0.29, 0.717) is 17.2 Å². The molecular formula is C12H16BrNO3. The maximum atomic E-state index is 10.8. The van der Waals surface area contributed by atoms with E-state index < -0.39 is 4.92 Å². The molecule has 1 aromatic carbocycles. The Morgan fingerprint density at radius 1 is 1.47 bits per heavy atom. The second kappa shape index (κ2) is 6.00. The highest BCUT2D eigenvalue weighted by molar-refractivity contribution is 9.09. The van der Waals surface area contributed by atoms with Crippen molar-refractivity contribution in [2.45, 2.75) is 31.5 Å². The van der Waals surface area contributed by atoms with Crippen molar-refractivity contribution < 1.29 is 9.66 Å². The van der Waals surface area contributed by atoms with E-state index in [1.165, 1.54) is 6.07 Å². The molecule has 0 amide bonds. The summed E-state index contributed by atoms with van der Waals surface area (Å²) in [5, 5.41) is 10.8. The van der Waals surface area contributed by atoms with Gasteiger partial charge in [-0.1, -0.05) is 35.8 Å². The minimum absolute atomic E-state index is 0.0185. The predicted octanol–water partition coefficient (Wildman–Crippen LogP) is 3.88. The van der Waals surface area contributed by atoms with Gasteiger partial charge in [0, 0.05) is 10.9 Å². The highest BCUT2D eigenvalue weighted by Crippen LogP contribution is 2.33. The number of nitro benzene ring substituents is 1. The standard InChI is InChI=1S/C12H16BrNO3/c1-4-17-12-7-10(8(2)9(3)13)5-6-11(12)14(15)16/h5-9H,4H2,1-3H3. The van der Waals surface area contributed by atoms with Crippen LogP contribution in [0.5, 0.6) is 5.75 Å². The Morgan fingerprint density at radius 3 is 2.59 bits per heavy atom. The normalized spacial score (nSPS) is 14.1. The lowest BCUT2D eigenvalue weighted by atomic mass is 9.98. The Hall–Kier alpha value is -1.10. The molecule has 0 N–H and O–H groups in total. The second-order valence-electron chi connectivity index (χ2n) is 3.88. The SMILES string of the molecule is CCOc1cc(C(C)C(C)Br)ccc1[N+](=O)[O-]. The number of nitrogens with zero attached hydrogens (tertiary/aromatic N) is 1. The van der Waals surface area contributed by atoms with Gasteiger partial charge >= 0.3 is 5.69 Å². The van der Waals surface area contributed by atoms with E-state index in [9.17, 15) is 10.1 Å². The molecule has 4 nitrogen and oxygen atoms in total. The van der Waals surface area contributed by atoms with Gasteiger partial charge in [0.2, 0.25) is 0 Å². The lowest BCUT2D eigenvalue weighted by Gasteiger charge is -2.15. The molecule has 0 heterocycles. The number of alkyl halides is 1. The average Bonchev–Trinajstić information content (AvgIpc) is 2.27. The fraction of sp³-hybridized carbons (Fsp3) is 0.500. The molecule has 0 aliphatic heterocycles. The lowest BCUT2D eigenvalue weighted by molar-refractivity contribution is -0.385. The van der Waals surface area contributed by atoms with E-state index in [2.05, 4.69) is 22.9 Å². The molecule has 0 aliphatic carbocycles. The van der Waals surface area contributed by atoms with Gasteiger partial charge in [-0.3, -0.25) is 10.1 Å². The second-order valence-corrected chi connectivity index (χ2v) is 5.33. The molecule has 1 aromatic rings. The van der Waals surface area contributed by atoms with Crippen LogP contribution in [0, 0.1) is 10.1 Å². The Morgan fingerprint density at radius 2 is 2.12 bits per heavy atom. The molecule has 17 heavy (non-hydrogen) atoms. The molecule has 0 bridgehead atoms. The zero-order valence-electron chi connectivity index (χ0n) is 10.1. The van der Waals surface area contributed by atoms with Crippen LogP contribution in [0.4, 0.5) is 5.69 Å². The van der Waals surface area contributed by atoms with Gasteiger partial charge in [0.15, 0.2) is 5.75 Å². The summed E-state index contributed by atoms with van der Waals surface area (Å²) in [6.45, 7) is 6.35. The first-order valence-corrected chi connectivity index (χ1v) is 6.44. The van der Waals surface area contributed by atoms with Crippen LogP contribution < -0.4 is 4.74 Å². The van der Waals surface area contributed by atoms with Crippen molar-refractivity contribution in [1.82, 2.24) is 0 Å². The van der Waals surface area contributed by atoms with Crippen molar-refractivity contribution in [3.8, 4) is 5.75 Å². The predicted molar refractivity (Wildman–Crippen MR) is 71.1 cm³/mol. The first-order valence-electron chi connectivity index (χ1n) is 5.52. The van der Waals surface area contributed by atoms with Crippen LogP contribution in [0.3, 0.4) is 0 Å². The molecule has 2 unspecified atom stereocenters. The average molecular weight is 302 g/mol. The molecule has 0 spiro atoms. The third-order valence-corrected chi connectivity index (χ3v) is 3.49. The Kier molecular flexibility index (Phi) is 4.93. The van der Waals surface area contributed by atoms with Crippen LogP contribution in [-0.4, -0.2) is 16.4 Å². The molecule has 0 fully saturated rings. The summed E-state index contributed by atoms with van der Waals surface area (Å²) in [6, 6.07) is 5.04. The van der Waals surface area contributed by atoms with Crippen molar-refractivity contribution in [1.29, 1.82) is 0 Å². The minimum atomic E-state index is -0.420. The molecule has 0 saturated heterocycles. The van der Waals surface area contributed by atoms with E-state index in [1.807, 2.05) is 13.8 Å². The van der Waals surface area contributed by atoms with Crippen molar-refractivity contribution in [2.24, 2.45) is 0 Å². The van der Waals surface area contributed by atoms with Crippen LogP contribution in [0.25, 0.3) is 0 Å². The number of rotatable bonds is 5. The van der Waals surface area contributed by atoms with Crippen LogP contribution in [-0.2, 0) is 0 Å². The van der Waals surface area contributed by atoms with Crippen LogP contribution in [0.2, 0.25) is 0 Å². The van der Waals surface area contributed by atoms with E-state index >= 15 is 0 Å². The van der Waals surface area contributed by atoms with Crippen molar-refractivity contribution >= 4 is 21.6 Å². The number of hydrogen-bond donors (Lipinski definition) is 0. The summed E-state index contributed by atoms with van der Waals surface area (Å²) in [6.07, 6.45) is 0. The topological polar surface area (TPSA) is 52.4 Å². The number of ether oxygens (including phenoxy) is 1. The zero-order valence-corrected chi connectivity index (χ0v) is 11.7. The fourth-order valence-electron chi connectivity index (χ4n) is 1.50. The van der Waals surface area contributed by atoms with Gasteiger partial charge in [-0.25, -0.2) is 0 Å². The largest absolute Gasteiger partial charge is 0.487 e. The fourth-order valence-corrected chi connectivity index (χ4v) is 1.81. The molecule has 0 aliphatic rings. The smallest absolute Gasteiger partial charge is 0.310 e. The maximum Gasteiger partial charge on any atom is 0.310 e. The molecule has 0 saturated carbocycles. The van der Waals surface area contributed by atoms with E-state index in [4.69, 9.17) is 4.74 Å². The first kappa shape index (κ1) is 14.0. The van der Waals surface area contributed by atoms with Crippen LogP contribution in [0.15, 0.2) is 18.2 Å².